The Labute approximate surface area is 202 Å². The van der Waals surface area contributed by atoms with Crippen LogP contribution in [0.25, 0.3) is 10.9 Å². The Morgan fingerprint density at radius 2 is 1.97 bits per heavy atom. The summed E-state index contributed by atoms with van der Waals surface area (Å²) in [6, 6.07) is 10.7. The summed E-state index contributed by atoms with van der Waals surface area (Å²) in [7, 11) is 1.61. The molecule has 1 spiro atoms. The number of anilines is 1. The summed E-state index contributed by atoms with van der Waals surface area (Å²) in [6.45, 7) is 2.76. The van der Waals surface area contributed by atoms with Crippen molar-refractivity contribution in [2.75, 3.05) is 38.7 Å². The van der Waals surface area contributed by atoms with Crippen molar-refractivity contribution in [1.29, 1.82) is 0 Å². The molecule has 3 amide bonds. The summed E-state index contributed by atoms with van der Waals surface area (Å²) in [4.78, 5) is 32.3. The number of amides is 3. The Morgan fingerprint density at radius 1 is 1.23 bits per heavy atom. The van der Waals surface area contributed by atoms with Gasteiger partial charge in [-0.3, -0.25) is 4.79 Å². The maximum absolute atomic E-state index is 14.3. The molecule has 1 aromatic heterocycles. The quantitative estimate of drug-likeness (QED) is 0.532. The molecule has 3 aromatic rings. The number of rotatable bonds is 3. The van der Waals surface area contributed by atoms with E-state index in [0.717, 1.165) is 22.2 Å². The summed E-state index contributed by atoms with van der Waals surface area (Å²) in [5, 5.41) is 14.1. The normalized spacial score (nSPS) is 19.0. The Bertz CT molecular complexity index is 1280. The molecule has 0 saturated carbocycles. The number of nitrogens with zero attached hydrogens (tertiary/aromatic N) is 2. The van der Waals surface area contributed by atoms with Gasteiger partial charge in [-0.15, -0.1) is 0 Å². The predicted octanol–water partition coefficient (Wildman–Crippen LogP) is 3.78. The number of carbonyl (C=O) groups is 2. The number of carbonyl (C=O) groups excluding carboxylic acids is 2. The number of urea groups is 1. The van der Waals surface area contributed by atoms with Crippen LogP contribution in [-0.2, 0) is 10.2 Å². The molecule has 184 valence electrons. The maximum atomic E-state index is 14.3. The first kappa shape index (κ1) is 23.2. The summed E-state index contributed by atoms with van der Waals surface area (Å²) in [6.07, 6.45) is 1.33. The zero-order valence-electron chi connectivity index (χ0n) is 19.8. The number of methoxy groups -OCH3 is 1. The van der Waals surface area contributed by atoms with Gasteiger partial charge in [-0.25, -0.2) is 9.18 Å². The summed E-state index contributed by atoms with van der Waals surface area (Å²) in [5.74, 6) is 0.203. The molecule has 0 bridgehead atoms. The number of halogens is 1. The van der Waals surface area contributed by atoms with E-state index in [9.17, 15) is 19.1 Å². The summed E-state index contributed by atoms with van der Waals surface area (Å²) in [5.41, 5.74) is 2.36. The second-order valence-electron chi connectivity index (χ2n) is 9.35. The molecule has 1 atom stereocenters. The minimum Gasteiger partial charge on any atom is -0.497 e. The standard InChI is InChI=1S/C26H29FN4O4/c1-16(33)30-11-9-26(10-12-30)15-31(25(34)29-20-6-4-3-5-19(20)27)22(14-32)24-23(26)18-8-7-17(35-2)13-21(18)28-24/h3-8,13,22,28,32H,9-12,14-15H2,1-2H3,(H,29,34)/t22-/m1/s1. The average Bonchev–Trinajstić information content (AvgIpc) is 3.25. The van der Waals surface area contributed by atoms with Crippen molar-refractivity contribution in [3.63, 3.8) is 0 Å². The zero-order valence-corrected chi connectivity index (χ0v) is 19.8. The molecule has 3 N–H and O–H groups in total. The molecule has 8 nitrogen and oxygen atoms in total. The van der Waals surface area contributed by atoms with Crippen molar-refractivity contribution in [2.45, 2.75) is 31.2 Å². The lowest BCUT2D eigenvalue weighted by atomic mass is 9.68. The van der Waals surface area contributed by atoms with E-state index in [1.165, 1.54) is 12.1 Å². The van der Waals surface area contributed by atoms with E-state index in [1.54, 1.807) is 31.1 Å². The van der Waals surface area contributed by atoms with Crippen LogP contribution < -0.4 is 10.1 Å². The van der Waals surface area contributed by atoms with Crippen molar-refractivity contribution < 1.29 is 23.8 Å². The molecule has 0 radical (unpaired) electrons. The SMILES string of the molecule is COc1ccc2c3c([nH]c2c1)[C@@H](CO)N(C(=O)Nc1ccccc1F)CC31CCN(C(C)=O)CC1. The van der Waals surface area contributed by atoms with Gasteiger partial charge in [-0.05, 0) is 42.7 Å². The first-order valence-corrected chi connectivity index (χ1v) is 11.8. The second kappa shape index (κ2) is 8.88. The van der Waals surface area contributed by atoms with Crippen LogP contribution in [0.1, 0.15) is 37.1 Å². The van der Waals surface area contributed by atoms with Gasteiger partial charge in [0.05, 0.1) is 25.4 Å². The number of para-hydroxylation sites is 1. The molecule has 5 rings (SSSR count). The molecule has 3 heterocycles. The van der Waals surface area contributed by atoms with Crippen LogP contribution in [0.5, 0.6) is 5.75 Å². The molecule has 0 aliphatic carbocycles. The Kier molecular flexibility index (Phi) is 5.88. The highest BCUT2D eigenvalue weighted by atomic mass is 19.1. The minimum atomic E-state index is -0.633. The lowest BCUT2D eigenvalue weighted by Gasteiger charge is -2.50. The Balaban J connectivity index is 1.60. The smallest absolute Gasteiger partial charge is 0.322 e. The van der Waals surface area contributed by atoms with E-state index in [-0.39, 0.29) is 18.2 Å². The van der Waals surface area contributed by atoms with Gasteiger partial charge in [0.15, 0.2) is 0 Å². The monoisotopic (exact) mass is 480 g/mol. The number of aliphatic hydroxyl groups excluding tert-OH is 1. The van der Waals surface area contributed by atoms with E-state index in [0.29, 0.717) is 38.2 Å². The van der Waals surface area contributed by atoms with Gasteiger partial charge < -0.3 is 29.9 Å². The third kappa shape index (κ3) is 3.89. The fourth-order valence-electron chi connectivity index (χ4n) is 5.63. The van der Waals surface area contributed by atoms with Crippen molar-refractivity contribution in [3.8, 4) is 5.75 Å². The molecule has 2 aliphatic heterocycles. The van der Waals surface area contributed by atoms with E-state index < -0.39 is 23.3 Å². The van der Waals surface area contributed by atoms with Crippen molar-refractivity contribution >= 4 is 28.5 Å². The Morgan fingerprint density at radius 3 is 2.63 bits per heavy atom. The highest BCUT2D eigenvalue weighted by Gasteiger charge is 2.49. The number of aromatic nitrogens is 1. The number of nitrogens with one attached hydrogen (secondary N) is 2. The van der Waals surface area contributed by atoms with Crippen molar-refractivity contribution in [3.05, 3.63) is 59.5 Å². The molecule has 2 aromatic carbocycles. The van der Waals surface area contributed by atoms with Gasteiger partial charge in [0, 0.05) is 54.6 Å². The highest BCUT2D eigenvalue weighted by molar-refractivity contribution is 5.92. The fourth-order valence-corrected chi connectivity index (χ4v) is 5.63. The number of aromatic amines is 1. The number of piperidine rings is 1. The number of H-pyrrole nitrogens is 1. The molecule has 1 fully saturated rings. The minimum absolute atomic E-state index is 0.0296. The largest absolute Gasteiger partial charge is 0.497 e. The number of aliphatic hydroxyl groups is 1. The van der Waals surface area contributed by atoms with Crippen molar-refractivity contribution in [2.24, 2.45) is 0 Å². The van der Waals surface area contributed by atoms with Crippen LogP contribution in [0, 0.1) is 5.82 Å². The number of ether oxygens (including phenoxy) is 1. The van der Waals surface area contributed by atoms with Gasteiger partial charge in [0.1, 0.15) is 11.6 Å². The number of hydrogen-bond donors (Lipinski definition) is 3. The second-order valence-corrected chi connectivity index (χ2v) is 9.35. The van der Waals surface area contributed by atoms with Gasteiger partial charge in [0.2, 0.25) is 5.91 Å². The maximum Gasteiger partial charge on any atom is 0.322 e. The van der Waals surface area contributed by atoms with Gasteiger partial charge in [-0.1, -0.05) is 12.1 Å². The summed E-state index contributed by atoms with van der Waals surface area (Å²) < 4.78 is 19.7. The molecular formula is C26H29FN4O4. The zero-order chi connectivity index (χ0) is 24.7. The molecule has 1 saturated heterocycles. The fraction of sp³-hybridized carbons (Fsp3) is 0.385. The van der Waals surface area contributed by atoms with Crippen LogP contribution in [-0.4, -0.2) is 65.2 Å². The average molecular weight is 481 g/mol. The van der Waals surface area contributed by atoms with Crippen LogP contribution in [0.4, 0.5) is 14.9 Å². The number of hydrogen-bond acceptors (Lipinski definition) is 4. The van der Waals surface area contributed by atoms with Gasteiger partial charge >= 0.3 is 6.03 Å². The molecule has 2 aliphatic rings. The van der Waals surface area contributed by atoms with E-state index in [2.05, 4.69) is 10.3 Å². The lowest BCUT2D eigenvalue weighted by Crippen LogP contribution is -2.56. The van der Waals surface area contributed by atoms with Crippen LogP contribution in [0.15, 0.2) is 42.5 Å². The van der Waals surface area contributed by atoms with E-state index in [4.69, 9.17) is 4.74 Å². The van der Waals surface area contributed by atoms with Crippen LogP contribution >= 0.6 is 0 Å². The van der Waals surface area contributed by atoms with Gasteiger partial charge in [-0.2, -0.15) is 0 Å². The van der Waals surface area contributed by atoms with Crippen LogP contribution in [0.3, 0.4) is 0 Å². The third-order valence-electron chi connectivity index (χ3n) is 7.46. The van der Waals surface area contributed by atoms with Gasteiger partial charge in [0.25, 0.3) is 0 Å². The Hall–Kier alpha value is -3.59. The third-order valence-corrected chi connectivity index (χ3v) is 7.46. The van der Waals surface area contributed by atoms with E-state index in [1.807, 2.05) is 23.1 Å². The summed E-state index contributed by atoms with van der Waals surface area (Å²) >= 11 is 0. The molecule has 9 heteroatoms. The lowest BCUT2D eigenvalue weighted by molar-refractivity contribution is -0.130. The molecular weight excluding hydrogens is 451 g/mol. The van der Waals surface area contributed by atoms with E-state index >= 15 is 0 Å². The first-order chi connectivity index (χ1) is 16.9. The molecule has 0 unspecified atom stereocenters. The highest BCUT2D eigenvalue weighted by Crippen LogP contribution is 2.49. The number of fused-ring (bicyclic) bond motifs is 4. The molecule has 35 heavy (non-hydrogen) atoms. The van der Waals surface area contributed by atoms with Crippen molar-refractivity contribution in [1.82, 2.24) is 14.8 Å². The number of likely N-dealkylation sites (tertiary alicyclic amines) is 1. The predicted molar refractivity (Wildman–Crippen MR) is 130 cm³/mol. The number of benzene rings is 2. The van der Waals surface area contributed by atoms with Crippen LogP contribution in [0.2, 0.25) is 0 Å². The topological polar surface area (TPSA) is 97.9 Å². The first-order valence-electron chi connectivity index (χ1n) is 11.8.